The third-order valence-corrected chi connectivity index (χ3v) is 34.5. The predicted molar refractivity (Wildman–Crippen MR) is 496 cm³/mol. The molecule has 122 heavy (non-hydrogen) atoms. The number of methoxy groups -OCH3 is 5. The molecule has 1 unspecified atom stereocenters. The number of aromatic hydroxyl groups is 5. The Hall–Kier alpha value is -7.02. The number of rotatable bonds is 17. The number of phenolic OH excluding ortho intramolecular Hbond substituents is 5. The highest BCUT2D eigenvalue weighted by molar-refractivity contribution is 7.13. The minimum Gasteiger partial charge on any atom is -0.504 e. The van der Waals surface area contributed by atoms with Crippen molar-refractivity contribution in [3.8, 4) is 57.5 Å². The second-order valence-electron chi connectivity index (χ2n) is 36.5. The SMILES string of the molecule is COc1cc2c(cc1O)[C@@H]1Cc3sc(CC(C)Cl)cc3CN1CC2.COc1cc2c(cc1O)[C@@H]1Cc3sc(CC4CC4)cc3CN1CC2.COc1cc2c(cc1O)[C@@H]1Cc3sc(CC4CCC4)cc3CN1CC2.COc1cc2c(cc1O)[C@@H]1Cc3sc(CCCC(C)C)cc3CN1CC2.COc1cc2c(cc1O)[C@@H]1Cc3sc(CCCl)cc3CN1CC2. The number of phenols is 5. The van der Waals surface area contributed by atoms with E-state index >= 15 is 0 Å². The summed E-state index contributed by atoms with van der Waals surface area (Å²) >= 11 is 22.0. The molecule has 0 amide bonds. The predicted octanol–water partition coefficient (Wildman–Crippen LogP) is 21.8. The molecule has 6 atom stereocenters. The average molecular weight is 1780 g/mol. The molecule has 5 N–H and O–H groups in total. The minimum absolute atomic E-state index is 0.179. The van der Waals surface area contributed by atoms with Gasteiger partial charge in [-0.3, -0.25) is 24.5 Å². The smallest absolute Gasteiger partial charge is 0.160 e. The van der Waals surface area contributed by atoms with E-state index in [0.717, 1.165) is 160 Å². The number of ether oxygens (including phenoxy) is 5. The molecular formula is C100H119Cl2N5O10S5. The highest BCUT2D eigenvalue weighted by Gasteiger charge is 2.41. The maximum Gasteiger partial charge on any atom is 0.160 e. The van der Waals surface area contributed by atoms with Crippen LogP contribution in [0, 0.1) is 17.8 Å². The van der Waals surface area contributed by atoms with Gasteiger partial charge in [0.1, 0.15) is 0 Å². The van der Waals surface area contributed by atoms with Gasteiger partial charge in [-0.05, 0) is 283 Å². The molecule has 2 aliphatic carbocycles. The lowest BCUT2D eigenvalue weighted by molar-refractivity contribution is 0.162. The summed E-state index contributed by atoms with van der Waals surface area (Å²) in [5, 5.41) is 51.3. The summed E-state index contributed by atoms with van der Waals surface area (Å²) in [5.74, 6) is 7.60. The highest BCUT2D eigenvalue weighted by atomic mass is 35.5. The third-order valence-electron chi connectivity index (χ3n) is 28.0. The highest BCUT2D eigenvalue weighted by Crippen LogP contribution is 2.52. The fraction of sp³-hybridized carbons (Fsp3) is 0.500. The Bertz CT molecular complexity index is 5320. The normalized spacial score (nSPS) is 21.0. The Morgan fingerprint density at radius 1 is 0.352 bits per heavy atom. The molecule has 0 saturated heterocycles. The van der Waals surface area contributed by atoms with Gasteiger partial charge in [-0.25, -0.2) is 0 Å². The number of alkyl halides is 2. The molecule has 5 aromatic heterocycles. The first-order valence-electron chi connectivity index (χ1n) is 44.6. The summed E-state index contributed by atoms with van der Waals surface area (Å²) in [6, 6.07) is 33.8. The number of halogens is 2. The number of nitrogens with zero attached hydrogens (tertiary/aromatic N) is 5. The van der Waals surface area contributed by atoms with Crippen LogP contribution in [0.1, 0.15) is 228 Å². The van der Waals surface area contributed by atoms with Crippen LogP contribution in [0.25, 0.3) is 0 Å². The third kappa shape index (κ3) is 18.3. The van der Waals surface area contributed by atoms with Crippen LogP contribution >= 0.6 is 79.9 Å². The van der Waals surface area contributed by atoms with Gasteiger partial charge < -0.3 is 49.2 Å². The van der Waals surface area contributed by atoms with Crippen molar-refractivity contribution in [3.63, 3.8) is 0 Å². The van der Waals surface area contributed by atoms with Crippen molar-refractivity contribution < 1.29 is 49.2 Å². The van der Waals surface area contributed by atoms with Crippen LogP contribution in [0.3, 0.4) is 0 Å². The van der Waals surface area contributed by atoms with Crippen LogP contribution in [-0.2, 0) is 129 Å². The minimum atomic E-state index is 0.179. The molecule has 0 radical (unpaired) electrons. The van der Waals surface area contributed by atoms with Crippen molar-refractivity contribution >= 4 is 79.9 Å². The van der Waals surface area contributed by atoms with Gasteiger partial charge in [-0.1, -0.05) is 39.5 Å². The monoisotopic (exact) mass is 1780 g/mol. The van der Waals surface area contributed by atoms with Gasteiger partial charge in [0, 0.05) is 188 Å². The standard InChI is InChI=1S/C22H29NO2S.C21H25NO2S.C20H23NO2S.C19H22ClNO2S.C18H20ClNO2S/c1-14(2)5-4-6-17-9-16-13-23-8-7-15-10-21(25-3)20(24)11-18(15)19(23)12-22(16)26-17;1-24-20-9-14-5-6-22-12-15-8-16(7-13-3-2-4-13)25-21(15)11-18(22)17(14)10-19(20)23;1-23-19-8-13-4-5-21-11-14-7-15(6-12-2-3-12)24-20(14)10-17(21)16(13)9-18(19)22;1-11(20)5-14-6-13-10-21-4-3-12-7-18(23-2)17(22)8-15(12)16(21)9-19(13)24-14;1-22-17-7-11-3-5-20-10-12-6-13(2-4-19)23-18(12)9-15(20)14(11)8-16(17)21/h9-11,14,19,24H,4-8,12-13H2,1-3H3;8-10,13,18,23H,2-7,11-12H2,1H3;7-9,12,17,22H,2-6,10-11H2,1H3;6-8,11,16,22H,3-5,9-10H2,1-2H3;6-8,15,21H,2-5,9-10H2,1H3/t19-;18-;17-;11?,16-;15-/m00000/s1. The molecule has 15 heterocycles. The van der Waals surface area contributed by atoms with Crippen LogP contribution in [0.5, 0.6) is 57.5 Å². The van der Waals surface area contributed by atoms with E-state index in [4.69, 9.17) is 46.9 Å². The van der Waals surface area contributed by atoms with E-state index in [0.29, 0.717) is 64.8 Å². The number of hydrogen-bond donors (Lipinski definition) is 5. The molecule has 10 aromatic rings. The van der Waals surface area contributed by atoms with Gasteiger partial charge in [-0.15, -0.1) is 79.9 Å². The van der Waals surface area contributed by atoms with Crippen molar-refractivity contribution in [2.24, 2.45) is 17.8 Å². The summed E-state index contributed by atoms with van der Waals surface area (Å²) in [5.41, 5.74) is 20.6. The van der Waals surface area contributed by atoms with Gasteiger partial charge in [0.25, 0.3) is 0 Å². The number of aryl methyl sites for hydroxylation is 2. The van der Waals surface area contributed by atoms with Gasteiger partial charge >= 0.3 is 0 Å². The number of benzene rings is 5. The van der Waals surface area contributed by atoms with E-state index in [2.05, 4.69) is 75.6 Å². The second-order valence-corrected chi connectivity index (χ2v) is 43.7. The van der Waals surface area contributed by atoms with E-state index < -0.39 is 0 Å². The fourth-order valence-electron chi connectivity index (χ4n) is 21.1. The van der Waals surface area contributed by atoms with E-state index in [9.17, 15) is 25.5 Å². The first-order chi connectivity index (χ1) is 59.2. The Morgan fingerprint density at radius 2 is 0.623 bits per heavy atom. The van der Waals surface area contributed by atoms with Crippen LogP contribution in [0.15, 0.2) is 91.0 Å². The Balaban J connectivity index is 0.000000104. The van der Waals surface area contributed by atoms with E-state index in [-0.39, 0.29) is 34.1 Å². The summed E-state index contributed by atoms with van der Waals surface area (Å²) < 4.78 is 26.4. The molecule has 2 fully saturated rings. The van der Waals surface area contributed by atoms with Crippen LogP contribution in [0.2, 0.25) is 0 Å². The number of hydrogen-bond acceptors (Lipinski definition) is 20. The van der Waals surface area contributed by atoms with Gasteiger partial charge in [-0.2, -0.15) is 0 Å². The maximum atomic E-state index is 10.3. The molecule has 12 aliphatic rings. The van der Waals surface area contributed by atoms with Crippen LogP contribution < -0.4 is 23.7 Å². The Kier molecular flexibility index (Phi) is 26.1. The van der Waals surface area contributed by atoms with Crippen LogP contribution in [-0.4, -0.2) is 130 Å². The Labute approximate surface area is 750 Å². The summed E-state index contributed by atoms with van der Waals surface area (Å²) in [6.45, 7) is 17.2. The summed E-state index contributed by atoms with van der Waals surface area (Å²) in [7, 11) is 8.08. The zero-order valence-corrected chi connectivity index (χ0v) is 77.6. The van der Waals surface area contributed by atoms with Crippen molar-refractivity contribution in [1.82, 2.24) is 24.5 Å². The van der Waals surface area contributed by atoms with Crippen molar-refractivity contribution in [2.45, 2.75) is 230 Å². The maximum absolute atomic E-state index is 10.3. The molecule has 0 bridgehead atoms. The molecule has 0 spiro atoms. The summed E-state index contributed by atoms with van der Waals surface area (Å²) in [6.07, 6.45) is 25.8. The van der Waals surface area contributed by atoms with E-state index in [1.165, 1.54) is 156 Å². The average Bonchev–Trinajstić information content (AvgIpc) is 1.41. The lowest BCUT2D eigenvalue weighted by Crippen LogP contribution is -2.38. The van der Waals surface area contributed by atoms with E-state index in [1.54, 1.807) is 75.9 Å². The second kappa shape index (κ2) is 37.1. The molecule has 10 aliphatic heterocycles. The fourth-order valence-corrected chi connectivity index (χ4v) is 28.2. The molecule has 15 nitrogen and oxygen atoms in total. The zero-order valence-electron chi connectivity index (χ0n) is 72.0. The van der Waals surface area contributed by atoms with Gasteiger partial charge in [0.05, 0.1) is 35.5 Å². The lowest BCUT2D eigenvalue weighted by Gasteiger charge is -2.40. The van der Waals surface area contributed by atoms with Crippen LogP contribution in [0.4, 0.5) is 0 Å². The number of fused-ring (bicyclic) bond motifs is 20. The first kappa shape index (κ1) is 85.8. The molecule has 5 aromatic carbocycles. The molecule has 2 saturated carbocycles. The quantitative estimate of drug-likeness (QED) is 0.0547. The van der Waals surface area contributed by atoms with E-state index in [1.807, 2.05) is 117 Å². The van der Waals surface area contributed by atoms with Gasteiger partial charge in [0.15, 0.2) is 57.5 Å². The molecular weight excluding hydrogens is 1660 g/mol. The molecule has 22 rings (SSSR count). The Morgan fingerprint density at radius 3 is 0.885 bits per heavy atom. The van der Waals surface area contributed by atoms with Crippen molar-refractivity contribution in [2.75, 3.05) is 74.2 Å². The zero-order chi connectivity index (χ0) is 84.3. The topological polar surface area (TPSA) is 164 Å². The summed E-state index contributed by atoms with van der Waals surface area (Å²) in [4.78, 5) is 28.0. The largest absolute Gasteiger partial charge is 0.504 e. The lowest BCUT2D eigenvalue weighted by atomic mass is 9.82. The molecule has 22 heteroatoms. The first-order valence-corrected chi connectivity index (χ1v) is 49.7. The molecule has 648 valence electrons. The van der Waals surface area contributed by atoms with Crippen molar-refractivity contribution in [1.29, 1.82) is 0 Å². The van der Waals surface area contributed by atoms with Gasteiger partial charge in [0.2, 0.25) is 0 Å². The van der Waals surface area contributed by atoms with Crippen molar-refractivity contribution in [3.05, 3.63) is 223 Å². The number of thiophene rings is 5.